The minimum absolute atomic E-state index is 0.142. The number of aromatic nitrogens is 1. The second kappa shape index (κ2) is 7.41. The lowest BCUT2D eigenvalue weighted by molar-refractivity contribution is 0.0957. The lowest BCUT2D eigenvalue weighted by Crippen LogP contribution is -2.24. The highest BCUT2D eigenvalue weighted by molar-refractivity contribution is 6.33. The van der Waals surface area contributed by atoms with E-state index in [1.54, 1.807) is 6.20 Å². The highest BCUT2D eigenvalue weighted by atomic mass is 35.5. The standard InChI is InChI=1S/C22H19ClN2O2/c1-14-17(13-18-21(20(14)23)27-11-10-25-22(18)26)12-15-5-7-16(8-6-15)19-4-2-3-9-24-19/h2-9,13H,10-12H2,1H3,(H,25,26). The zero-order valence-corrected chi connectivity index (χ0v) is 15.7. The van der Waals surface area contributed by atoms with Gasteiger partial charge in [0.2, 0.25) is 0 Å². The van der Waals surface area contributed by atoms with Crippen molar-refractivity contribution in [1.29, 1.82) is 0 Å². The third-order valence-electron chi connectivity index (χ3n) is 4.76. The van der Waals surface area contributed by atoms with Gasteiger partial charge in [0, 0.05) is 11.8 Å². The number of nitrogens with zero attached hydrogens (tertiary/aromatic N) is 1. The molecule has 0 aliphatic carbocycles. The van der Waals surface area contributed by atoms with Gasteiger partial charge < -0.3 is 10.1 Å². The maximum Gasteiger partial charge on any atom is 0.255 e. The van der Waals surface area contributed by atoms with E-state index < -0.39 is 0 Å². The Balaban J connectivity index is 1.65. The first kappa shape index (κ1) is 17.6. The predicted molar refractivity (Wildman–Crippen MR) is 106 cm³/mol. The summed E-state index contributed by atoms with van der Waals surface area (Å²) in [5.74, 6) is 0.342. The van der Waals surface area contributed by atoms with E-state index in [1.807, 2.05) is 31.2 Å². The number of rotatable bonds is 3. The van der Waals surface area contributed by atoms with Crippen LogP contribution in [-0.4, -0.2) is 24.0 Å². The number of hydrogen-bond acceptors (Lipinski definition) is 3. The molecule has 4 rings (SSSR count). The zero-order valence-electron chi connectivity index (χ0n) is 15.0. The van der Waals surface area contributed by atoms with Gasteiger partial charge in [-0.2, -0.15) is 0 Å². The van der Waals surface area contributed by atoms with Gasteiger partial charge in [0.15, 0.2) is 5.75 Å². The van der Waals surface area contributed by atoms with Gasteiger partial charge in [0.05, 0.1) is 22.8 Å². The molecule has 1 N–H and O–H groups in total. The van der Waals surface area contributed by atoms with Crippen LogP contribution in [0.3, 0.4) is 0 Å². The molecule has 0 saturated heterocycles. The van der Waals surface area contributed by atoms with Gasteiger partial charge in [0.25, 0.3) is 5.91 Å². The molecule has 1 aliphatic heterocycles. The Morgan fingerprint density at radius 2 is 2.00 bits per heavy atom. The Bertz CT molecular complexity index is 985. The van der Waals surface area contributed by atoms with Gasteiger partial charge in [-0.25, -0.2) is 0 Å². The Kier molecular flexibility index (Phi) is 4.82. The van der Waals surface area contributed by atoms with Crippen LogP contribution in [0.4, 0.5) is 0 Å². The number of carbonyl (C=O) groups is 1. The Hall–Kier alpha value is -2.85. The first-order valence-corrected chi connectivity index (χ1v) is 9.24. The van der Waals surface area contributed by atoms with Gasteiger partial charge in [-0.1, -0.05) is 41.9 Å². The fourth-order valence-corrected chi connectivity index (χ4v) is 3.51. The number of benzene rings is 2. The number of carbonyl (C=O) groups excluding carboxylic acids is 1. The normalized spacial score (nSPS) is 13.3. The number of hydrogen-bond donors (Lipinski definition) is 1. The van der Waals surface area contributed by atoms with E-state index >= 15 is 0 Å². The van der Waals surface area contributed by atoms with Gasteiger partial charge in [0.1, 0.15) is 6.61 Å². The number of pyridine rings is 1. The number of ether oxygens (including phenoxy) is 1. The van der Waals surface area contributed by atoms with Crippen molar-refractivity contribution in [3.63, 3.8) is 0 Å². The largest absolute Gasteiger partial charge is 0.489 e. The average Bonchev–Trinajstić information content (AvgIpc) is 2.89. The Morgan fingerprint density at radius 1 is 1.19 bits per heavy atom. The molecule has 0 bridgehead atoms. The number of halogens is 1. The van der Waals surface area contributed by atoms with Crippen LogP contribution in [0.5, 0.6) is 5.75 Å². The molecule has 27 heavy (non-hydrogen) atoms. The minimum Gasteiger partial charge on any atom is -0.489 e. The van der Waals surface area contributed by atoms with E-state index in [2.05, 4.69) is 34.6 Å². The molecule has 0 fully saturated rings. The van der Waals surface area contributed by atoms with Crippen molar-refractivity contribution >= 4 is 17.5 Å². The summed E-state index contributed by atoms with van der Waals surface area (Å²) < 4.78 is 5.68. The smallest absolute Gasteiger partial charge is 0.255 e. The van der Waals surface area contributed by atoms with Crippen LogP contribution in [0.25, 0.3) is 11.3 Å². The summed E-state index contributed by atoms with van der Waals surface area (Å²) in [5, 5.41) is 3.35. The average molecular weight is 379 g/mol. The SMILES string of the molecule is Cc1c(Cc2ccc(-c3ccccn3)cc2)cc2c(c1Cl)OCCNC2=O. The van der Waals surface area contributed by atoms with Crippen molar-refractivity contribution in [1.82, 2.24) is 10.3 Å². The quantitative estimate of drug-likeness (QED) is 0.733. The molecule has 2 heterocycles. The highest BCUT2D eigenvalue weighted by Gasteiger charge is 2.22. The predicted octanol–water partition coefficient (Wildman–Crippen LogP) is 4.42. The van der Waals surface area contributed by atoms with Crippen molar-refractivity contribution < 1.29 is 9.53 Å². The van der Waals surface area contributed by atoms with Gasteiger partial charge in [-0.05, 0) is 48.2 Å². The molecule has 2 aromatic carbocycles. The van der Waals surface area contributed by atoms with E-state index in [4.69, 9.17) is 16.3 Å². The summed E-state index contributed by atoms with van der Waals surface area (Å²) in [6.45, 7) is 2.87. The molecule has 0 spiro atoms. The molecule has 136 valence electrons. The molecule has 0 atom stereocenters. The molecule has 1 aromatic heterocycles. The lowest BCUT2D eigenvalue weighted by atomic mass is 9.96. The van der Waals surface area contributed by atoms with Crippen molar-refractivity contribution in [2.24, 2.45) is 0 Å². The van der Waals surface area contributed by atoms with Crippen LogP contribution in [0.2, 0.25) is 5.02 Å². The second-order valence-electron chi connectivity index (χ2n) is 6.54. The van der Waals surface area contributed by atoms with E-state index in [0.29, 0.717) is 35.9 Å². The van der Waals surface area contributed by atoms with Crippen LogP contribution in [0.1, 0.15) is 27.0 Å². The molecule has 3 aromatic rings. The first-order valence-electron chi connectivity index (χ1n) is 8.87. The molecule has 5 heteroatoms. The monoisotopic (exact) mass is 378 g/mol. The van der Waals surface area contributed by atoms with Crippen molar-refractivity contribution in [3.05, 3.63) is 82.0 Å². The van der Waals surface area contributed by atoms with E-state index in [-0.39, 0.29) is 5.91 Å². The zero-order chi connectivity index (χ0) is 18.8. The maximum absolute atomic E-state index is 12.3. The fraction of sp³-hybridized carbons (Fsp3) is 0.182. The molecule has 0 radical (unpaired) electrons. The highest BCUT2D eigenvalue weighted by Crippen LogP contribution is 2.36. The molecule has 1 amide bonds. The fourth-order valence-electron chi connectivity index (χ4n) is 3.23. The van der Waals surface area contributed by atoms with Crippen LogP contribution in [0, 0.1) is 6.92 Å². The van der Waals surface area contributed by atoms with Gasteiger partial charge in [-0.3, -0.25) is 9.78 Å². The van der Waals surface area contributed by atoms with Crippen LogP contribution in [0.15, 0.2) is 54.7 Å². The van der Waals surface area contributed by atoms with Crippen LogP contribution < -0.4 is 10.1 Å². The summed E-state index contributed by atoms with van der Waals surface area (Å²) in [6.07, 6.45) is 2.48. The Labute approximate surface area is 163 Å². The van der Waals surface area contributed by atoms with Gasteiger partial charge in [-0.15, -0.1) is 0 Å². The molecular formula is C22H19ClN2O2. The first-order chi connectivity index (χ1) is 13.1. The summed E-state index contributed by atoms with van der Waals surface area (Å²) in [5.41, 5.74) is 5.63. The van der Waals surface area contributed by atoms with Gasteiger partial charge >= 0.3 is 0 Å². The molecule has 4 nitrogen and oxygen atoms in total. The lowest BCUT2D eigenvalue weighted by Gasteiger charge is -2.15. The molecule has 1 aliphatic rings. The third kappa shape index (κ3) is 3.53. The second-order valence-corrected chi connectivity index (χ2v) is 6.92. The number of amides is 1. The van der Waals surface area contributed by atoms with E-state index in [9.17, 15) is 4.79 Å². The molecule has 0 saturated carbocycles. The Morgan fingerprint density at radius 3 is 2.74 bits per heavy atom. The number of nitrogens with one attached hydrogen (secondary N) is 1. The summed E-state index contributed by atoms with van der Waals surface area (Å²) >= 11 is 6.51. The summed E-state index contributed by atoms with van der Waals surface area (Å²) in [6, 6.07) is 16.1. The minimum atomic E-state index is -0.142. The van der Waals surface area contributed by atoms with E-state index in [0.717, 1.165) is 27.9 Å². The molecule has 0 unspecified atom stereocenters. The van der Waals surface area contributed by atoms with Crippen molar-refractivity contribution in [3.8, 4) is 17.0 Å². The molecular weight excluding hydrogens is 360 g/mol. The van der Waals surface area contributed by atoms with Crippen molar-refractivity contribution in [2.75, 3.05) is 13.2 Å². The summed E-state index contributed by atoms with van der Waals surface area (Å²) in [4.78, 5) is 16.7. The van der Waals surface area contributed by atoms with Crippen LogP contribution in [-0.2, 0) is 6.42 Å². The van der Waals surface area contributed by atoms with Crippen molar-refractivity contribution in [2.45, 2.75) is 13.3 Å². The third-order valence-corrected chi connectivity index (χ3v) is 5.22. The topological polar surface area (TPSA) is 51.2 Å². The maximum atomic E-state index is 12.3. The van der Waals surface area contributed by atoms with Crippen LogP contribution >= 0.6 is 11.6 Å². The number of fused-ring (bicyclic) bond motifs is 1. The summed E-state index contributed by atoms with van der Waals surface area (Å²) in [7, 11) is 0. The van der Waals surface area contributed by atoms with E-state index in [1.165, 1.54) is 0 Å².